The van der Waals surface area contributed by atoms with Crippen molar-refractivity contribution in [2.45, 2.75) is 37.5 Å². The average molecular weight is 360 g/mol. The second kappa shape index (κ2) is 8.71. The van der Waals surface area contributed by atoms with Gasteiger partial charge in [-0.1, -0.05) is 36.4 Å². The normalized spacial score (nSPS) is 21.8. The van der Waals surface area contributed by atoms with Crippen LogP contribution in [0.1, 0.15) is 30.0 Å². The van der Waals surface area contributed by atoms with E-state index in [0.29, 0.717) is 13.0 Å². The Morgan fingerprint density at radius 3 is 2.65 bits per heavy atom. The van der Waals surface area contributed by atoms with E-state index in [1.165, 1.54) is 17.7 Å². The first-order valence-corrected chi connectivity index (χ1v) is 9.15. The highest BCUT2D eigenvalue weighted by molar-refractivity contribution is 5.24. The van der Waals surface area contributed by atoms with Gasteiger partial charge in [0.1, 0.15) is 0 Å². The van der Waals surface area contributed by atoms with E-state index >= 15 is 0 Å². The third-order valence-electron chi connectivity index (χ3n) is 5.16. The molecule has 0 spiro atoms. The van der Waals surface area contributed by atoms with E-state index in [2.05, 4.69) is 22.3 Å². The van der Waals surface area contributed by atoms with Crippen molar-refractivity contribution in [3.63, 3.8) is 0 Å². The number of hydrogen-bond acceptors (Lipinski definition) is 3. The summed E-state index contributed by atoms with van der Waals surface area (Å²) in [4.78, 5) is 2.14. The minimum atomic E-state index is -0.824. The molecular weight excluding hydrogens is 334 g/mol. The molecule has 1 aliphatic heterocycles. The maximum atomic E-state index is 13.6. The second-order valence-electron chi connectivity index (χ2n) is 7.08. The molecule has 0 unspecified atom stereocenters. The van der Waals surface area contributed by atoms with E-state index in [1.54, 1.807) is 6.07 Å². The Kier molecular flexibility index (Phi) is 6.35. The van der Waals surface area contributed by atoms with Crippen molar-refractivity contribution in [1.29, 1.82) is 0 Å². The quantitative estimate of drug-likeness (QED) is 0.795. The Hall–Kier alpha value is -1.82. The smallest absolute Gasteiger partial charge is 0.159 e. The van der Waals surface area contributed by atoms with Gasteiger partial charge in [0, 0.05) is 25.2 Å². The lowest BCUT2D eigenvalue weighted by Crippen LogP contribution is -2.39. The molecule has 0 bridgehead atoms. The lowest BCUT2D eigenvalue weighted by Gasteiger charge is -2.27. The van der Waals surface area contributed by atoms with Crippen LogP contribution in [0, 0.1) is 11.6 Å². The first-order valence-electron chi connectivity index (χ1n) is 9.15. The largest absolute Gasteiger partial charge is 0.392 e. The van der Waals surface area contributed by atoms with Gasteiger partial charge in [0.15, 0.2) is 11.6 Å². The summed E-state index contributed by atoms with van der Waals surface area (Å²) in [5.41, 5.74) is 1.98. The molecule has 0 radical (unpaired) electrons. The summed E-state index contributed by atoms with van der Waals surface area (Å²) < 4.78 is 26.8. The van der Waals surface area contributed by atoms with Crippen LogP contribution in [0.5, 0.6) is 0 Å². The van der Waals surface area contributed by atoms with Crippen LogP contribution in [0.3, 0.4) is 0 Å². The maximum Gasteiger partial charge on any atom is 0.159 e. The molecule has 0 aliphatic carbocycles. The SMILES string of the molecule is CN1CC[C@H](NC[C@H](O)CCc2ccccc2)[C@@H]1c1ccc(F)c(F)c1. The summed E-state index contributed by atoms with van der Waals surface area (Å²) in [7, 11) is 1.99. The summed E-state index contributed by atoms with van der Waals surface area (Å²) in [6, 6.07) is 14.3. The molecule has 0 aromatic heterocycles. The van der Waals surface area contributed by atoms with Crippen molar-refractivity contribution in [3.05, 3.63) is 71.3 Å². The highest BCUT2D eigenvalue weighted by atomic mass is 19.2. The summed E-state index contributed by atoms with van der Waals surface area (Å²) in [5.74, 6) is -1.64. The first kappa shape index (κ1) is 19.0. The van der Waals surface area contributed by atoms with Gasteiger partial charge in [-0.05, 0) is 49.6 Å². The topological polar surface area (TPSA) is 35.5 Å². The van der Waals surface area contributed by atoms with Gasteiger partial charge in [-0.15, -0.1) is 0 Å². The van der Waals surface area contributed by atoms with Crippen LogP contribution in [0.2, 0.25) is 0 Å². The lowest BCUT2D eigenvalue weighted by atomic mass is 9.99. The van der Waals surface area contributed by atoms with Crippen molar-refractivity contribution >= 4 is 0 Å². The molecule has 3 rings (SSSR count). The number of nitrogens with one attached hydrogen (secondary N) is 1. The first-order chi connectivity index (χ1) is 12.5. The molecule has 2 aromatic rings. The van der Waals surface area contributed by atoms with Gasteiger partial charge in [-0.3, -0.25) is 4.90 Å². The highest BCUT2D eigenvalue weighted by Gasteiger charge is 2.33. The molecule has 3 atom stereocenters. The number of benzene rings is 2. The maximum absolute atomic E-state index is 13.6. The number of rotatable bonds is 7. The van der Waals surface area contributed by atoms with Crippen LogP contribution in [-0.4, -0.2) is 42.3 Å². The number of hydrogen-bond donors (Lipinski definition) is 2. The zero-order valence-corrected chi connectivity index (χ0v) is 15.0. The number of aliphatic hydroxyl groups excluding tert-OH is 1. The van der Waals surface area contributed by atoms with Crippen molar-refractivity contribution < 1.29 is 13.9 Å². The van der Waals surface area contributed by atoms with E-state index in [1.807, 2.05) is 25.2 Å². The monoisotopic (exact) mass is 360 g/mol. The zero-order valence-electron chi connectivity index (χ0n) is 15.0. The molecule has 0 amide bonds. The van der Waals surface area contributed by atoms with E-state index in [0.717, 1.165) is 24.9 Å². The lowest BCUT2D eigenvalue weighted by molar-refractivity contribution is 0.153. The Morgan fingerprint density at radius 1 is 1.15 bits per heavy atom. The van der Waals surface area contributed by atoms with Gasteiger partial charge < -0.3 is 10.4 Å². The van der Waals surface area contributed by atoms with Gasteiger partial charge in [0.05, 0.1) is 6.10 Å². The van der Waals surface area contributed by atoms with Gasteiger partial charge in [0.25, 0.3) is 0 Å². The molecule has 1 saturated heterocycles. The Morgan fingerprint density at radius 2 is 1.92 bits per heavy atom. The molecule has 5 heteroatoms. The summed E-state index contributed by atoms with van der Waals surface area (Å²) >= 11 is 0. The van der Waals surface area contributed by atoms with Crippen molar-refractivity contribution in [2.75, 3.05) is 20.1 Å². The van der Waals surface area contributed by atoms with Crippen LogP contribution in [0.4, 0.5) is 8.78 Å². The Balaban J connectivity index is 1.55. The van der Waals surface area contributed by atoms with Crippen molar-refractivity contribution in [1.82, 2.24) is 10.2 Å². The van der Waals surface area contributed by atoms with Crippen LogP contribution < -0.4 is 5.32 Å². The molecule has 140 valence electrons. The van der Waals surface area contributed by atoms with Crippen LogP contribution in [0.15, 0.2) is 48.5 Å². The van der Waals surface area contributed by atoms with Crippen LogP contribution in [-0.2, 0) is 6.42 Å². The number of nitrogens with zero attached hydrogens (tertiary/aromatic N) is 1. The fraction of sp³-hybridized carbons (Fsp3) is 0.429. The van der Waals surface area contributed by atoms with Gasteiger partial charge in [0.2, 0.25) is 0 Å². The summed E-state index contributed by atoms with van der Waals surface area (Å²) in [6.45, 7) is 1.37. The van der Waals surface area contributed by atoms with Gasteiger partial charge >= 0.3 is 0 Å². The summed E-state index contributed by atoms with van der Waals surface area (Å²) in [6.07, 6.45) is 1.99. The molecular formula is C21H26F2N2O. The van der Waals surface area contributed by atoms with Crippen LogP contribution in [0.25, 0.3) is 0 Å². The molecule has 0 saturated carbocycles. The Labute approximate surface area is 153 Å². The number of likely N-dealkylation sites (tertiary alicyclic amines) is 1. The molecule has 2 aromatic carbocycles. The average Bonchev–Trinajstić information content (AvgIpc) is 3.02. The van der Waals surface area contributed by atoms with Crippen molar-refractivity contribution in [3.8, 4) is 0 Å². The van der Waals surface area contributed by atoms with Gasteiger partial charge in [-0.25, -0.2) is 8.78 Å². The second-order valence-corrected chi connectivity index (χ2v) is 7.08. The predicted octanol–water partition coefficient (Wildman–Crippen LogP) is 3.29. The number of aryl methyl sites for hydroxylation is 1. The number of aliphatic hydroxyl groups is 1. The molecule has 1 heterocycles. The van der Waals surface area contributed by atoms with Gasteiger partial charge in [-0.2, -0.15) is 0 Å². The Bertz CT molecular complexity index is 710. The standard InChI is InChI=1S/C21H26F2N2O/c1-25-12-11-20(21(25)16-8-10-18(22)19(23)13-16)24-14-17(26)9-7-15-5-3-2-4-6-15/h2-6,8,10,13,17,20-21,24,26H,7,9,11-12,14H2,1H3/t17-,20+,21+/m1/s1. The molecule has 2 N–H and O–H groups in total. The summed E-state index contributed by atoms with van der Waals surface area (Å²) in [5, 5.41) is 13.7. The minimum Gasteiger partial charge on any atom is -0.392 e. The molecule has 1 aliphatic rings. The third-order valence-corrected chi connectivity index (χ3v) is 5.16. The predicted molar refractivity (Wildman–Crippen MR) is 98.9 cm³/mol. The number of halogens is 2. The fourth-order valence-electron chi connectivity index (χ4n) is 3.71. The van der Waals surface area contributed by atoms with E-state index in [4.69, 9.17) is 0 Å². The molecule has 26 heavy (non-hydrogen) atoms. The van der Waals surface area contributed by atoms with E-state index < -0.39 is 17.7 Å². The van der Waals surface area contributed by atoms with E-state index in [9.17, 15) is 13.9 Å². The fourth-order valence-corrected chi connectivity index (χ4v) is 3.71. The zero-order chi connectivity index (χ0) is 18.5. The molecule has 3 nitrogen and oxygen atoms in total. The minimum absolute atomic E-state index is 0.0218. The van der Waals surface area contributed by atoms with Crippen molar-refractivity contribution in [2.24, 2.45) is 0 Å². The number of likely N-dealkylation sites (N-methyl/N-ethyl adjacent to an activating group) is 1. The molecule has 1 fully saturated rings. The highest BCUT2D eigenvalue weighted by Crippen LogP contribution is 2.31. The van der Waals surface area contributed by atoms with Crippen LogP contribution >= 0.6 is 0 Å². The third kappa shape index (κ3) is 4.67. The van der Waals surface area contributed by atoms with E-state index in [-0.39, 0.29) is 12.1 Å².